The molecular formula is C9H10ClNO2. The highest BCUT2D eigenvalue weighted by atomic mass is 35.5. The lowest BCUT2D eigenvalue weighted by molar-refractivity contribution is 0.180. The first-order chi connectivity index (χ1) is 6.15. The molecule has 0 fully saturated rings. The van der Waals surface area contributed by atoms with Gasteiger partial charge in [-0.25, -0.2) is 4.79 Å². The van der Waals surface area contributed by atoms with E-state index < -0.39 is 6.09 Å². The molecule has 4 heteroatoms. The van der Waals surface area contributed by atoms with Gasteiger partial charge in [-0.15, -0.1) is 0 Å². The number of amides is 1. The molecule has 0 spiro atoms. The first-order valence-corrected chi connectivity index (χ1v) is 4.10. The van der Waals surface area contributed by atoms with Gasteiger partial charge in [0.25, 0.3) is 0 Å². The third kappa shape index (κ3) is 2.36. The van der Waals surface area contributed by atoms with Gasteiger partial charge in [0.15, 0.2) is 0 Å². The predicted molar refractivity (Wildman–Crippen MR) is 52.3 cm³/mol. The van der Waals surface area contributed by atoms with E-state index in [9.17, 15) is 4.79 Å². The van der Waals surface area contributed by atoms with E-state index in [4.69, 9.17) is 11.6 Å². The summed E-state index contributed by atoms with van der Waals surface area (Å²) < 4.78 is 4.55. The van der Waals surface area contributed by atoms with E-state index in [1.165, 1.54) is 12.0 Å². The predicted octanol–water partition coefficient (Wildman–Crippen LogP) is 2.54. The first kappa shape index (κ1) is 9.86. The van der Waals surface area contributed by atoms with Gasteiger partial charge in [-0.05, 0) is 24.3 Å². The second kappa shape index (κ2) is 4.14. The molecule has 70 valence electrons. The Morgan fingerprint density at radius 1 is 1.38 bits per heavy atom. The Kier molecular flexibility index (Phi) is 3.14. The summed E-state index contributed by atoms with van der Waals surface area (Å²) >= 11 is 5.70. The fourth-order valence-corrected chi connectivity index (χ4v) is 1.03. The van der Waals surface area contributed by atoms with Crippen molar-refractivity contribution in [1.82, 2.24) is 0 Å². The van der Waals surface area contributed by atoms with Crippen molar-refractivity contribution in [3.05, 3.63) is 29.3 Å². The summed E-state index contributed by atoms with van der Waals surface area (Å²) in [5, 5.41) is 0.641. The van der Waals surface area contributed by atoms with E-state index in [1.807, 2.05) is 0 Å². The van der Waals surface area contributed by atoms with Crippen LogP contribution in [0.5, 0.6) is 0 Å². The van der Waals surface area contributed by atoms with E-state index in [0.29, 0.717) is 5.02 Å². The minimum Gasteiger partial charge on any atom is -0.452 e. The van der Waals surface area contributed by atoms with Gasteiger partial charge < -0.3 is 4.74 Å². The first-order valence-electron chi connectivity index (χ1n) is 3.72. The summed E-state index contributed by atoms with van der Waals surface area (Å²) in [7, 11) is 2.98. The number of carbonyl (C=O) groups is 1. The summed E-state index contributed by atoms with van der Waals surface area (Å²) in [4.78, 5) is 12.5. The molecule has 0 N–H and O–H groups in total. The Morgan fingerprint density at radius 3 is 2.38 bits per heavy atom. The van der Waals surface area contributed by atoms with Crippen molar-refractivity contribution in [2.24, 2.45) is 0 Å². The minimum atomic E-state index is -0.401. The summed E-state index contributed by atoms with van der Waals surface area (Å²) in [5.74, 6) is 0. The van der Waals surface area contributed by atoms with E-state index >= 15 is 0 Å². The molecule has 1 amide bonds. The number of nitrogens with zero attached hydrogens (tertiary/aromatic N) is 1. The third-order valence-electron chi connectivity index (χ3n) is 1.66. The molecule has 0 saturated heterocycles. The molecule has 0 saturated carbocycles. The Morgan fingerprint density at radius 2 is 1.92 bits per heavy atom. The van der Waals surface area contributed by atoms with E-state index in [0.717, 1.165) is 5.69 Å². The van der Waals surface area contributed by atoms with Crippen LogP contribution >= 0.6 is 11.6 Å². The second-order valence-corrected chi connectivity index (χ2v) is 2.94. The van der Waals surface area contributed by atoms with Crippen LogP contribution in [-0.2, 0) is 4.74 Å². The normalized spacial score (nSPS) is 9.46. The number of carbonyl (C=O) groups excluding carboxylic acids is 1. The number of halogens is 1. The molecule has 0 aliphatic rings. The number of anilines is 1. The summed E-state index contributed by atoms with van der Waals surface area (Å²) in [6.45, 7) is 0. The molecule has 3 nitrogen and oxygen atoms in total. The average Bonchev–Trinajstić information content (AvgIpc) is 2.17. The van der Waals surface area contributed by atoms with E-state index in [-0.39, 0.29) is 0 Å². The molecule has 0 bridgehead atoms. The van der Waals surface area contributed by atoms with Gasteiger partial charge in [0.1, 0.15) is 0 Å². The Balaban J connectivity index is 2.83. The molecule has 0 atom stereocenters. The van der Waals surface area contributed by atoms with Gasteiger partial charge in [0, 0.05) is 17.8 Å². The molecule has 1 aromatic carbocycles. The van der Waals surface area contributed by atoms with Gasteiger partial charge in [-0.1, -0.05) is 11.6 Å². The highest BCUT2D eigenvalue weighted by molar-refractivity contribution is 6.30. The van der Waals surface area contributed by atoms with Crippen LogP contribution in [0.4, 0.5) is 10.5 Å². The zero-order chi connectivity index (χ0) is 9.84. The standard InChI is InChI=1S/C9H10ClNO2/c1-11(9(12)13-2)8-5-3-7(10)4-6-8/h3-6H,1-2H3. The van der Waals surface area contributed by atoms with Crippen LogP contribution in [0.3, 0.4) is 0 Å². The maximum Gasteiger partial charge on any atom is 0.413 e. The highest BCUT2D eigenvalue weighted by Crippen LogP contribution is 2.16. The van der Waals surface area contributed by atoms with Crippen LogP contribution in [0, 0.1) is 0 Å². The lowest BCUT2D eigenvalue weighted by atomic mass is 10.3. The number of methoxy groups -OCH3 is 1. The fraction of sp³-hybridized carbons (Fsp3) is 0.222. The smallest absolute Gasteiger partial charge is 0.413 e. The van der Waals surface area contributed by atoms with Crippen molar-refractivity contribution in [3.8, 4) is 0 Å². The highest BCUT2D eigenvalue weighted by Gasteiger charge is 2.09. The molecule has 13 heavy (non-hydrogen) atoms. The van der Waals surface area contributed by atoms with Gasteiger partial charge in [-0.3, -0.25) is 4.90 Å². The monoisotopic (exact) mass is 199 g/mol. The van der Waals surface area contributed by atoms with Gasteiger partial charge in [0.2, 0.25) is 0 Å². The average molecular weight is 200 g/mol. The summed E-state index contributed by atoms with van der Waals surface area (Å²) in [5.41, 5.74) is 0.747. The molecule has 0 heterocycles. The maximum absolute atomic E-state index is 11.1. The molecule has 0 unspecified atom stereocenters. The number of rotatable bonds is 1. The molecule has 1 rings (SSSR count). The van der Waals surface area contributed by atoms with Gasteiger partial charge in [-0.2, -0.15) is 0 Å². The molecule has 0 radical (unpaired) electrons. The fourth-order valence-electron chi connectivity index (χ4n) is 0.907. The SMILES string of the molecule is COC(=O)N(C)c1ccc(Cl)cc1. The number of hydrogen-bond acceptors (Lipinski definition) is 2. The van der Waals surface area contributed by atoms with Crippen molar-refractivity contribution in [3.63, 3.8) is 0 Å². The quantitative estimate of drug-likeness (QED) is 0.696. The van der Waals surface area contributed by atoms with Crippen molar-refractivity contribution >= 4 is 23.4 Å². The van der Waals surface area contributed by atoms with Crippen molar-refractivity contribution in [2.45, 2.75) is 0 Å². The second-order valence-electron chi connectivity index (χ2n) is 2.51. The van der Waals surface area contributed by atoms with Gasteiger partial charge >= 0.3 is 6.09 Å². The number of benzene rings is 1. The number of ether oxygens (including phenoxy) is 1. The molecule has 0 aromatic heterocycles. The molecular weight excluding hydrogens is 190 g/mol. The van der Waals surface area contributed by atoms with Crippen molar-refractivity contribution in [1.29, 1.82) is 0 Å². The zero-order valence-corrected chi connectivity index (χ0v) is 8.21. The van der Waals surface area contributed by atoms with E-state index in [1.54, 1.807) is 31.3 Å². The van der Waals surface area contributed by atoms with Crippen LogP contribution in [0.15, 0.2) is 24.3 Å². The van der Waals surface area contributed by atoms with Crippen molar-refractivity contribution < 1.29 is 9.53 Å². The Bertz CT molecular complexity index is 297. The maximum atomic E-state index is 11.1. The zero-order valence-electron chi connectivity index (χ0n) is 7.45. The van der Waals surface area contributed by atoms with Crippen LogP contribution in [-0.4, -0.2) is 20.3 Å². The van der Waals surface area contributed by atoms with Crippen LogP contribution in [0.1, 0.15) is 0 Å². The third-order valence-corrected chi connectivity index (χ3v) is 1.91. The van der Waals surface area contributed by atoms with Crippen LogP contribution in [0.25, 0.3) is 0 Å². The van der Waals surface area contributed by atoms with Crippen LogP contribution in [0.2, 0.25) is 5.02 Å². The summed E-state index contributed by atoms with van der Waals surface area (Å²) in [6.07, 6.45) is -0.401. The number of hydrogen-bond donors (Lipinski definition) is 0. The van der Waals surface area contributed by atoms with Gasteiger partial charge in [0.05, 0.1) is 7.11 Å². The Labute approximate surface area is 81.9 Å². The minimum absolute atomic E-state index is 0.401. The van der Waals surface area contributed by atoms with E-state index in [2.05, 4.69) is 4.74 Å². The summed E-state index contributed by atoms with van der Waals surface area (Å²) in [6, 6.07) is 6.94. The lowest BCUT2D eigenvalue weighted by Gasteiger charge is -2.14. The Hall–Kier alpha value is -1.22. The lowest BCUT2D eigenvalue weighted by Crippen LogP contribution is -2.25. The van der Waals surface area contributed by atoms with Crippen molar-refractivity contribution in [2.75, 3.05) is 19.1 Å². The largest absolute Gasteiger partial charge is 0.452 e. The molecule has 1 aromatic rings. The van der Waals surface area contributed by atoms with Crippen LogP contribution < -0.4 is 4.90 Å². The molecule has 0 aliphatic heterocycles. The topological polar surface area (TPSA) is 29.5 Å². The molecule has 0 aliphatic carbocycles.